The van der Waals surface area contributed by atoms with Crippen LogP contribution in [0.3, 0.4) is 0 Å². The van der Waals surface area contributed by atoms with E-state index in [0.29, 0.717) is 4.47 Å². The van der Waals surface area contributed by atoms with Crippen molar-refractivity contribution in [3.8, 4) is 0 Å². The molecular weight excluding hydrogens is 353 g/mol. The third kappa shape index (κ3) is 4.00. The highest BCUT2D eigenvalue weighted by Crippen LogP contribution is 2.24. The number of nitrogens with one attached hydrogen (secondary N) is 1. The van der Waals surface area contributed by atoms with Gasteiger partial charge in [-0.15, -0.1) is 0 Å². The van der Waals surface area contributed by atoms with Gasteiger partial charge < -0.3 is 5.11 Å². The molecule has 1 rings (SSSR count). The summed E-state index contributed by atoms with van der Waals surface area (Å²) in [6.45, 7) is 4.73. The molecule has 112 valence electrons. The van der Waals surface area contributed by atoms with Gasteiger partial charge in [-0.2, -0.15) is 4.72 Å². The Labute approximate surface area is 125 Å². The summed E-state index contributed by atoms with van der Waals surface area (Å²) in [5, 5.41) is 9.10. The molecule has 5 nitrogen and oxygen atoms in total. The van der Waals surface area contributed by atoms with E-state index in [-0.39, 0.29) is 0 Å². The van der Waals surface area contributed by atoms with Gasteiger partial charge >= 0.3 is 5.97 Å². The highest BCUT2D eigenvalue weighted by atomic mass is 79.9. The molecule has 0 aromatic heterocycles. The average molecular weight is 368 g/mol. The number of hydrogen-bond acceptors (Lipinski definition) is 3. The van der Waals surface area contributed by atoms with Crippen LogP contribution in [0.2, 0.25) is 0 Å². The Morgan fingerprint density at radius 2 is 1.95 bits per heavy atom. The van der Waals surface area contributed by atoms with Crippen molar-refractivity contribution in [2.24, 2.45) is 5.41 Å². The lowest BCUT2D eigenvalue weighted by Gasteiger charge is -2.27. The van der Waals surface area contributed by atoms with Crippen molar-refractivity contribution in [3.05, 3.63) is 28.5 Å². The maximum absolute atomic E-state index is 13.7. The summed E-state index contributed by atoms with van der Waals surface area (Å²) in [6, 6.07) is 2.07. The maximum Gasteiger partial charge on any atom is 0.322 e. The van der Waals surface area contributed by atoms with Gasteiger partial charge in [0.25, 0.3) is 0 Å². The van der Waals surface area contributed by atoms with E-state index in [0.717, 1.165) is 12.1 Å². The second-order valence-corrected chi connectivity index (χ2v) is 7.93. The largest absolute Gasteiger partial charge is 0.480 e. The van der Waals surface area contributed by atoms with Crippen molar-refractivity contribution in [3.63, 3.8) is 0 Å². The monoisotopic (exact) mass is 367 g/mol. The van der Waals surface area contributed by atoms with Crippen molar-refractivity contribution in [1.82, 2.24) is 4.72 Å². The highest BCUT2D eigenvalue weighted by Gasteiger charge is 2.36. The number of aliphatic carboxylic acids is 1. The summed E-state index contributed by atoms with van der Waals surface area (Å²) in [4.78, 5) is 10.6. The summed E-state index contributed by atoms with van der Waals surface area (Å²) >= 11 is 3.02. The van der Waals surface area contributed by atoms with Crippen molar-refractivity contribution in [1.29, 1.82) is 0 Å². The van der Waals surface area contributed by atoms with E-state index in [1.807, 2.05) is 4.72 Å². The van der Waals surface area contributed by atoms with E-state index in [2.05, 4.69) is 15.9 Å². The molecule has 0 fully saturated rings. The molecule has 0 aliphatic carbocycles. The molecule has 0 saturated carbocycles. The minimum atomic E-state index is -4.26. The van der Waals surface area contributed by atoms with Crippen molar-refractivity contribution >= 4 is 31.9 Å². The van der Waals surface area contributed by atoms with E-state index in [4.69, 9.17) is 5.11 Å². The van der Waals surface area contributed by atoms with Gasteiger partial charge in [0.05, 0.1) is 0 Å². The maximum atomic E-state index is 13.7. The minimum Gasteiger partial charge on any atom is -0.480 e. The number of hydrogen-bond donors (Lipinski definition) is 2. The zero-order valence-electron chi connectivity index (χ0n) is 11.1. The number of carboxylic acid groups (broad SMARTS) is 1. The van der Waals surface area contributed by atoms with Crippen LogP contribution in [-0.4, -0.2) is 25.5 Å². The first kappa shape index (κ1) is 17.1. The second kappa shape index (κ2) is 5.79. The van der Waals surface area contributed by atoms with Crippen LogP contribution in [0.4, 0.5) is 4.39 Å². The zero-order chi connectivity index (χ0) is 15.7. The fourth-order valence-corrected chi connectivity index (χ4v) is 3.30. The molecule has 8 heteroatoms. The Kier molecular flexibility index (Phi) is 4.94. The van der Waals surface area contributed by atoms with Crippen LogP contribution in [-0.2, 0) is 14.8 Å². The molecule has 0 aliphatic rings. The van der Waals surface area contributed by atoms with E-state index >= 15 is 0 Å². The molecular formula is C12H15BrFNO4S. The Hall–Kier alpha value is -0.990. The fraction of sp³-hybridized carbons (Fsp3) is 0.417. The predicted octanol–water partition coefficient (Wildman–Crippen LogP) is 2.37. The molecule has 0 heterocycles. The molecule has 1 aromatic carbocycles. The molecule has 0 bridgehead atoms. The Morgan fingerprint density at radius 3 is 2.35 bits per heavy atom. The molecule has 0 radical (unpaired) electrons. The molecule has 2 N–H and O–H groups in total. The van der Waals surface area contributed by atoms with Crippen LogP contribution in [0, 0.1) is 11.2 Å². The zero-order valence-corrected chi connectivity index (χ0v) is 13.5. The number of halogens is 2. The van der Waals surface area contributed by atoms with E-state index in [9.17, 15) is 17.6 Å². The SMILES string of the molecule is CC(C)(C)[C@@H](NS(=O)(=O)c1ccc(Br)cc1F)C(=O)O. The predicted molar refractivity (Wildman–Crippen MR) is 75.3 cm³/mol. The van der Waals surface area contributed by atoms with Crippen LogP contribution in [0.25, 0.3) is 0 Å². The number of carbonyl (C=O) groups is 1. The molecule has 0 saturated heterocycles. The van der Waals surface area contributed by atoms with Crippen LogP contribution in [0.1, 0.15) is 20.8 Å². The van der Waals surface area contributed by atoms with Gasteiger partial charge in [-0.05, 0) is 23.6 Å². The Morgan fingerprint density at radius 1 is 1.40 bits per heavy atom. The number of carboxylic acids is 1. The highest BCUT2D eigenvalue weighted by molar-refractivity contribution is 9.10. The topological polar surface area (TPSA) is 83.5 Å². The fourth-order valence-electron chi connectivity index (χ4n) is 1.51. The van der Waals surface area contributed by atoms with Crippen LogP contribution in [0.15, 0.2) is 27.6 Å². The summed E-state index contributed by atoms with van der Waals surface area (Å²) in [7, 11) is -4.26. The molecule has 20 heavy (non-hydrogen) atoms. The first-order valence-corrected chi connectivity index (χ1v) is 7.93. The minimum absolute atomic E-state index is 0.388. The van der Waals surface area contributed by atoms with Crippen molar-refractivity contribution in [2.75, 3.05) is 0 Å². The summed E-state index contributed by atoms with van der Waals surface area (Å²) in [5.41, 5.74) is -0.856. The standard InChI is InChI=1S/C12H15BrFNO4S/c1-12(2,3)10(11(16)17)15-20(18,19)9-5-4-7(13)6-8(9)14/h4-6,10,15H,1-3H3,(H,16,17)/t10-/m0/s1. The molecule has 0 amide bonds. The van der Waals surface area contributed by atoms with Crippen molar-refractivity contribution in [2.45, 2.75) is 31.7 Å². The van der Waals surface area contributed by atoms with Gasteiger partial charge in [0.2, 0.25) is 10.0 Å². The van der Waals surface area contributed by atoms with Gasteiger partial charge in [-0.25, -0.2) is 12.8 Å². The van der Waals surface area contributed by atoms with Gasteiger partial charge in [0.1, 0.15) is 16.8 Å². The van der Waals surface area contributed by atoms with E-state index in [1.165, 1.54) is 6.07 Å². The van der Waals surface area contributed by atoms with E-state index < -0.39 is 38.2 Å². The lowest BCUT2D eigenvalue weighted by atomic mass is 9.88. The quantitative estimate of drug-likeness (QED) is 0.855. The first-order chi connectivity index (χ1) is 8.95. The second-order valence-electron chi connectivity index (χ2n) is 5.33. The van der Waals surface area contributed by atoms with E-state index in [1.54, 1.807) is 20.8 Å². The molecule has 0 unspecified atom stereocenters. The molecule has 1 aromatic rings. The Bertz CT molecular complexity index is 625. The first-order valence-electron chi connectivity index (χ1n) is 5.65. The smallest absolute Gasteiger partial charge is 0.322 e. The molecule has 1 atom stereocenters. The average Bonchev–Trinajstić information content (AvgIpc) is 2.23. The normalized spacial score (nSPS) is 14.1. The van der Waals surface area contributed by atoms with Gasteiger partial charge in [-0.3, -0.25) is 4.79 Å². The van der Waals surface area contributed by atoms with Crippen LogP contribution >= 0.6 is 15.9 Å². The lowest BCUT2D eigenvalue weighted by molar-refractivity contribution is -0.141. The van der Waals surface area contributed by atoms with Crippen molar-refractivity contribution < 1.29 is 22.7 Å². The summed E-state index contributed by atoms with van der Waals surface area (Å²) in [6.07, 6.45) is 0. The lowest BCUT2D eigenvalue weighted by Crippen LogP contribution is -2.49. The third-order valence-corrected chi connectivity index (χ3v) is 4.52. The summed E-state index contributed by atoms with van der Waals surface area (Å²) < 4.78 is 40.3. The van der Waals surface area contributed by atoms with Gasteiger partial charge in [-0.1, -0.05) is 36.7 Å². The summed E-state index contributed by atoms with van der Waals surface area (Å²) in [5.74, 6) is -2.27. The number of benzene rings is 1. The Balaban J connectivity index is 3.20. The molecule has 0 aliphatic heterocycles. The third-order valence-electron chi connectivity index (χ3n) is 2.57. The van der Waals surface area contributed by atoms with Crippen LogP contribution in [0.5, 0.6) is 0 Å². The van der Waals surface area contributed by atoms with Crippen LogP contribution < -0.4 is 4.72 Å². The van der Waals surface area contributed by atoms with Gasteiger partial charge in [0.15, 0.2) is 0 Å². The number of rotatable bonds is 4. The number of sulfonamides is 1. The molecule has 0 spiro atoms. The van der Waals surface area contributed by atoms with Gasteiger partial charge in [0, 0.05) is 4.47 Å².